The van der Waals surface area contributed by atoms with Gasteiger partial charge in [-0.1, -0.05) is 48.7 Å². The molecule has 0 amide bonds. The summed E-state index contributed by atoms with van der Waals surface area (Å²) in [6.45, 7) is 6.80. The largest absolute Gasteiger partial charge is 0.398 e. The number of benzene rings is 1. The van der Waals surface area contributed by atoms with Crippen molar-refractivity contribution in [2.75, 3.05) is 12.3 Å². The Morgan fingerprint density at radius 3 is 2.60 bits per heavy atom. The van der Waals surface area contributed by atoms with Crippen LogP contribution < -0.4 is 5.73 Å². The molecule has 3 heteroatoms. The summed E-state index contributed by atoms with van der Waals surface area (Å²) in [7, 11) is 0. The van der Waals surface area contributed by atoms with E-state index in [-0.39, 0.29) is 0 Å². The average molecular weight is 339 g/mol. The fourth-order valence-corrected chi connectivity index (χ4v) is 3.39. The lowest BCUT2D eigenvalue weighted by atomic mass is 10.1. The van der Waals surface area contributed by atoms with Gasteiger partial charge in [0.1, 0.15) is 0 Å². The van der Waals surface area contributed by atoms with Crippen molar-refractivity contribution in [2.24, 2.45) is 5.92 Å². The highest BCUT2D eigenvalue weighted by Gasteiger charge is 2.23. The van der Waals surface area contributed by atoms with Gasteiger partial charge in [0.15, 0.2) is 0 Å². The van der Waals surface area contributed by atoms with Gasteiger partial charge in [0.25, 0.3) is 0 Å². The minimum Gasteiger partial charge on any atom is -0.398 e. The van der Waals surface area contributed by atoms with Crippen LogP contribution in [0.4, 0.5) is 5.69 Å². The molecule has 0 bridgehead atoms. The second-order valence-electron chi connectivity index (χ2n) is 6.43. The number of halogens is 1. The molecule has 1 aromatic carbocycles. The molecule has 0 radical (unpaired) electrons. The Morgan fingerprint density at radius 2 is 2.00 bits per heavy atom. The van der Waals surface area contributed by atoms with Crippen LogP contribution in [-0.4, -0.2) is 17.5 Å². The molecular weight excluding hydrogens is 312 g/mol. The van der Waals surface area contributed by atoms with E-state index in [9.17, 15) is 0 Å². The molecule has 0 saturated heterocycles. The monoisotopic (exact) mass is 338 g/mol. The Bertz CT molecular complexity index is 425. The summed E-state index contributed by atoms with van der Waals surface area (Å²) < 4.78 is 1.06. The van der Waals surface area contributed by atoms with Crippen LogP contribution in [-0.2, 0) is 6.54 Å². The van der Waals surface area contributed by atoms with Crippen LogP contribution in [0.2, 0.25) is 0 Å². The standard InChI is InChI=1S/C17H27BrN2/c1-13(2)9-10-20(16-5-3-4-6-16)12-14-7-8-15(18)11-17(14)19/h7-8,11,13,16H,3-6,9-10,12,19H2,1-2H3. The van der Waals surface area contributed by atoms with E-state index in [1.807, 2.05) is 6.07 Å². The molecule has 1 aliphatic rings. The van der Waals surface area contributed by atoms with Gasteiger partial charge >= 0.3 is 0 Å². The first kappa shape index (κ1) is 15.8. The minimum absolute atomic E-state index is 0.761. The molecule has 0 spiro atoms. The first-order valence-electron chi connectivity index (χ1n) is 7.84. The SMILES string of the molecule is CC(C)CCN(Cc1ccc(Br)cc1N)C1CCCC1. The van der Waals surface area contributed by atoms with E-state index in [4.69, 9.17) is 5.73 Å². The smallest absolute Gasteiger partial charge is 0.0371 e. The van der Waals surface area contributed by atoms with E-state index in [1.54, 1.807) is 0 Å². The van der Waals surface area contributed by atoms with E-state index in [0.717, 1.165) is 28.7 Å². The zero-order chi connectivity index (χ0) is 14.5. The van der Waals surface area contributed by atoms with Gasteiger partial charge in [0, 0.05) is 22.7 Å². The van der Waals surface area contributed by atoms with E-state index in [1.165, 1.54) is 44.2 Å². The third kappa shape index (κ3) is 4.49. The summed E-state index contributed by atoms with van der Waals surface area (Å²) in [5, 5.41) is 0. The number of nitrogens with zero attached hydrogens (tertiary/aromatic N) is 1. The summed E-state index contributed by atoms with van der Waals surface area (Å²) in [4.78, 5) is 2.66. The quantitative estimate of drug-likeness (QED) is 0.753. The Kier molecular flexibility index (Phi) is 5.91. The van der Waals surface area contributed by atoms with Crippen molar-refractivity contribution in [3.63, 3.8) is 0 Å². The summed E-state index contributed by atoms with van der Waals surface area (Å²) >= 11 is 3.48. The van der Waals surface area contributed by atoms with Crippen LogP contribution in [0.1, 0.15) is 51.5 Å². The zero-order valence-corrected chi connectivity index (χ0v) is 14.3. The number of anilines is 1. The summed E-state index contributed by atoms with van der Waals surface area (Å²) in [6, 6.07) is 7.04. The average Bonchev–Trinajstić information content (AvgIpc) is 2.90. The van der Waals surface area contributed by atoms with Crippen LogP contribution >= 0.6 is 15.9 Å². The van der Waals surface area contributed by atoms with Crippen molar-refractivity contribution in [3.05, 3.63) is 28.2 Å². The first-order chi connectivity index (χ1) is 9.56. The molecule has 0 aromatic heterocycles. The highest BCUT2D eigenvalue weighted by atomic mass is 79.9. The van der Waals surface area contributed by atoms with Crippen molar-refractivity contribution in [2.45, 2.75) is 58.5 Å². The molecule has 2 nitrogen and oxygen atoms in total. The molecule has 0 unspecified atom stereocenters. The molecule has 0 aliphatic heterocycles. The third-order valence-electron chi connectivity index (χ3n) is 4.32. The number of nitrogen functional groups attached to an aromatic ring is 1. The van der Waals surface area contributed by atoms with Gasteiger partial charge in [-0.2, -0.15) is 0 Å². The summed E-state index contributed by atoms with van der Waals surface area (Å²) in [5.74, 6) is 0.765. The molecule has 0 atom stereocenters. The predicted molar refractivity (Wildman–Crippen MR) is 90.7 cm³/mol. The Morgan fingerprint density at radius 1 is 1.30 bits per heavy atom. The lowest BCUT2D eigenvalue weighted by molar-refractivity contribution is 0.180. The van der Waals surface area contributed by atoms with E-state index < -0.39 is 0 Å². The molecule has 0 heterocycles. The van der Waals surface area contributed by atoms with Crippen molar-refractivity contribution in [1.29, 1.82) is 0 Å². The van der Waals surface area contributed by atoms with Gasteiger partial charge in [-0.05, 0) is 49.4 Å². The second-order valence-corrected chi connectivity index (χ2v) is 7.35. The molecule has 1 fully saturated rings. The van der Waals surface area contributed by atoms with Gasteiger partial charge in [0.2, 0.25) is 0 Å². The third-order valence-corrected chi connectivity index (χ3v) is 4.81. The van der Waals surface area contributed by atoms with Gasteiger partial charge in [-0.15, -0.1) is 0 Å². The van der Waals surface area contributed by atoms with E-state index >= 15 is 0 Å². The fraction of sp³-hybridized carbons (Fsp3) is 0.647. The maximum atomic E-state index is 6.17. The Labute approximate surface area is 131 Å². The van der Waals surface area contributed by atoms with Crippen molar-refractivity contribution < 1.29 is 0 Å². The molecule has 2 N–H and O–H groups in total. The van der Waals surface area contributed by atoms with Gasteiger partial charge in [0.05, 0.1) is 0 Å². The number of hydrogen-bond acceptors (Lipinski definition) is 2. The van der Waals surface area contributed by atoms with Crippen LogP contribution in [0.3, 0.4) is 0 Å². The zero-order valence-electron chi connectivity index (χ0n) is 12.7. The van der Waals surface area contributed by atoms with Crippen LogP contribution in [0.5, 0.6) is 0 Å². The van der Waals surface area contributed by atoms with Crippen molar-refractivity contribution >= 4 is 21.6 Å². The fourth-order valence-electron chi connectivity index (χ4n) is 3.01. The lowest BCUT2D eigenvalue weighted by Gasteiger charge is -2.30. The summed E-state index contributed by atoms with van der Waals surface area (Å²) in [6.07, 6.45) is 6.76. The molecule has 1 aromatic rings. The molecule has 20 heavy (non-hydrogen) atoms. The normalized spacial score (nSPS) is 16.4. The molecule has 112 valence electrons. The topological polar surface area (TPSA) is 29.3 Å². The van der Waals surface area contributed by atoms with Crippen LogP contribution in [0.25, 0.3) is 0 Å². The minimum atomic E-state index is 0.761. The highest BCUT2D eigenvalue weighted by molar-refractivity contribution is 9.10. The van der Waals surface area contributed by atoms with Crippen molar-refractivity contribution in [1.82, 2.24) is 4.90 Å². The first-order valence-corrected chi connectivity index (χ1v) is 8.63. The number of rotatable bonds is 6. The van der Waals surface area contributed by atoms with Crippen molar-refractivity contribution in [3.8, 4) is 0 Å². The van der Waals surface area contributed by atoms with Gasteiger partial charge in [-0.3, -0.25) is 4.90 Å². The Balaban J connectivity index is 2.05. The van der Waals surface area contributed by atoms with Crippen LogP contribution in [0, 0.1) is 5.92 Å². The molecule has 1 aliphatic carbocycles. The number of nitrogens with two attached hydrogens (primary N) is 1. The predicted octanol–water partition coefficient (Wildman–Crippen LogP) is 4.82. The molecule has 2 rings (SSSR count). The highest BCUT2D eigenvalue weighted by Crippen LogP contribution is 2.27. The number of hydrogen-bond donors (Lipinski definition) is 1. The maximum Gasteiger partial charge on any atom is 0.0371 e. The molecular formula is C17H27BrN2. The summed E-state index contributed by atoms with van der Waals surface area (Å²) in [5.41, 5.74) is 8.34. The second kappa shape index (κ2) is 7.46. The van der Waals surface area contributed by atoms with E-state index in [0.29, 0.717) is 0 Å². The van der Waals surface area contributed by atoms with Crippen LogP contribution in [0.15, 0.2) is 22.7 Å². The molecule has 1 saturated carbocycles. The van der Waals surface area contributed by atoms with Gasteiger partial charge < -0.3 is 5.73 Å². The van der Waals surface area contributed by atoms with E-state index in [2.05, 4.69) is 46.8 Å². The van der Waals surface area contributed by atoms with Gasteiger partial charge in [-0.25, -0.2) is 0 Å². The lowest BCUT2D eigenvalue weighted by Crippen LogP contribution is -2.34. The maximum absolute atomic E-state index is 6.17. The Hall–Kier alpha value is -0.540.